The van der Waals surface area contributed by atoms with Crippen LogP contribution in [0, 0.1) is 6.92 Å². The predicted octanol–water partition coefficient (Wildman–Crippen LogP) is -0.285. The van der Waals surface area contributed by atoms with Crippen molar-refractivity contribution >= 4 is 0 Å². The predicted molar refractivity (Wildman–Crippen MR) is 48.3 cm³/mol. The third-order valence-corrected chi connectivity index (χ3v) is 2.23. The van der Waals surface area contributed by atoms with Crippen molar-refractivity contribution in [2.45, 2.75) is 13.5 Å². The van der Waals surface area contributed by atoms with Crippen molar-refractivity contribution in [1.29, 1.82) is 0 Å². The van der Waals surface area contributed by atoms with Crippen molar-refractivity contribution in [2.75, 3.05) is 26.3 Å². The molecule has 0 atom stereocenters. The monoisotopic (exact) mass is 198 g/mol. The van der Waals surface area contributed by atoms with Crippen molar-refractivity contribution in [3.8, 4) is 0 Å². The largest absolute Gasteiger partial charge is 0.379 e. The molecule has 1 aromatic heterocycles. The molecule has 0 aliphatic carbocycles. The number of aryl methyl sites for hydroxylation is 1. The molecule has 14 heavy (non-hydrogen) atoms. The second-order valence-corrected chi connectivity index (χ2v) is 3.23. The van der Waals surface area contributed by atoms with Crippen molar-refractivity contribution in [3.63, 3.8) is 0 Å². The molecule has 0 aromatic carbocycles. The van der Waals surface area contributed by atoms with E-state index in [1.807, 2.05) is 6.92 Å². The Kier molecular flexibility index (Phi) is 3.07. The van der Waals surface area contributed by atoms with E-state index in [0.29, 0.717) is 6.54 Å². The lowest BCUT2D eigenvalue weighted by atomic mass is 10.3. The van der Waals surface area contributed by atoms with Crippen LogP contribution >= 0.6 is 0 Å². The number of nitrogens with one attached hydrogen (secondary N) is 1. The number of ether oxygens (including phenoxy) is 1. The number of aromatic nitrogens is 2. The highest BCUT2D eigenvalue weighted by Crippen LogP contribution is 2.00. The normalized spacial score (nSPS) is 18.6. The molecule has 0 saturated carbocycles. The minimum Gasteiger partial charge on any atom is -0.379 e. The molecule has 1 aliphatic rings. The van der Waals surface area contributed by atoms with Crippen molar-refractivity contribution in [1.82, 2.24) is 20.7 Å². The van der Waals surface area contributed by atoms with E-state index in [0.717, 1.165) is 37.7 Å². The number of rotatable bonds is 3. The molecule has 0 spiro atoms. The lowest BCUT2D eigenvalue weighted by molar-refractivity contribution is 0.0102. The van der Waals surface area contributed by atoms with Gasteiger partial charge in [0, 0.05) is 13.1 Å². The average Bonchev–Trinajstić information content (AvgIpc) is 2.63. The highest BCUT2D eigenvalue weighted by molar-refractivity contribution is 5.03. The number of morpholine rings is 1. The Bertz CT molecular complexity index is 283. The number of hydrogen-bond acceptors (Lipinski definition) is 6. The van der Waals surface area contributed by atoms with Crippen LogP contribution in [0.1, 0.15) is 11.4 Å². The molecule has 1 saturated heterocycles. The molecule has 0 radical (unpaired) electrons. The van der Waals surface area contributed by atoms with E-state index in [9.17, 15) is 0 Å². The first kappa shape index (κ1) is 9.57. The molecule has 0 amide bonds. The van der Waals surface area contributed by atoms with Gasteiger partial charge in [0.25, 0.3) is 0 Å². The van der Waals surface area contributed by atoms with E-state index < -0.39 is 0 Å². The van der Waals surface area contributed by atoms with Crippen LogP contribution in [-0.4, -0.2) is 41.6 Å². The summed E-state index contributed by atoms with van der Waals surface area (Å²) in [7, 11) is 0. The lowest BCUT2D eigenvalue weighted by Crippen LogP contribution is -2.45. The summed E-state index contributed by atoms with van der Waals surface area (Å²) >= 11 is 0. The number of hydrogen-bond donors (Lipinski definition) is 1. The van der Waals surface area contributed by atoms with E-state index in [4.69, 9.17) is 4.74 Å². The highest BCUT2D eigenvalue weighted by Gasteiger charge is 2.11. The number of nitrogens with zero attached hydrogens (tertiary/aromatic N) is 3. The van der Waals surface area contributed by atoms with Crippen LogP contribution in [0.25, 0.3) is 0 Å². The van der Waals surface area contributed by atoms with Gasteiger partial charge in [-0.25, -0.2) is 15.1 Å². The SMILES string of the molecule is Cc1nonc1CNN1CCOCC1. The Hall–Kier alpha value is -0.980. The van der Waals surface area contributed by atoms with Gasteiger partial charge in [-0.3, -0.25) is 0 Å². The summed E-state index contributed by atoms with van der Waals surface area (Å²) in [6, 6.07) is 0. The third kappa shape index (κ3) is 2.28. The maximum absolute atomic E-state index is 5.23. The summed E-state index contributed by atoms with van der Waals surface area (Å²) in [6.45, 7) is 5.92. The second kappa shape index (κ2) is 4.50. The van der Waals surface area contributed by atoms with Crippen LogP contribution in [-0.2, 0) is 11.3 Å². The van der Waals surface area contributed by atoms with Crippen LogP contribution in [0.2, 0.25) is 0 Å². The first-order valence-corrected chi connectivity index (χ1v) is 4.70. The minimum atomic E-state index is 0.662. The topological polar surface area (TPSA) is 63.4 Å². The van der Waals surface area contributed by atoms with Gasteiger partial charge < -0.3 is 4.74 Å². The highest BCUT2D eigenvalue weighted by atomic mass is 16.6. The summed E-state index contributed by atoms with van der Waals surface area (Å²) in [4.78, 5) is 0. The molecule has 1 fully saturated rings. The van der Waals surface area contributed by atoms with E-state index in [1.54, 1.807) is 0 Å². The Morgan fingerprint density at radius 1 is 1.36 bits per heavy atom. The minimum absolute atomic E-state index is 0.662. The van der Waals surface area contributed by atoms with Crippen LogP contribution < -0.4 is 5.43 Å². The lowest BCUT2D eigenvalue weighted by Gasteiger charge is -2.26. The zero-order chi connectivity index (χ0) is 9.80. The quantitative estimate of drug-likeness (QED) is 0.720. The Morgan fingerprint density at radius 2 is 2.14 bits per heavy atom. The molecule has 2 rings (SSSR count). The van der Waals surface area contributed by atoms with E-state index in [1.165, 1.54) is 0 Å². The molecule has 1 N–H and O–H groups in total. The summed E-state index contributed by atoms with van der Waals surface area (Å²) in [5.74, 6) is 0. The first-order chi connectivity index (χ1) is 6.86. The molecular weight excluding hydrogens is 184 g/mol. The van der Waals surface area contributed by atoms with Gasteiger partial charge in [-0.05, 0) is 6.92 Å². The molecule has 0 bridgehead atoms. The first-order valence-electron chi connectivity index (χ1n) is 4.70. The summed E-state index contributed by atoms with van der Waals surface area (Å²) < 4.78 is 9.83. The molecule has 6 nitrogen and oxygen atoms in total. The Morgan fingerprint density at radius 3 is 2.79 bits per heavy atom. The van der Waals surface area contributed by atoms with Crippen molar-refractivity contribution in [2.24, 2.45) is 0 Å². The van der Waals surface area contributed by atoms with Crippen molar-refractivity contribution in [3.05, 3.63) is 11.4 Å². The van der Waals surface area contributed by atoms with Crippen LogP contribution in [0.3, 0.4) is 0 Å². The molecule has 2 heterocycles. The molecular formula is C8H14N4O2. The summed E-state index contributed by atoms with van der Waals surface area (Å²) in [5, 5.41) is 9.63. The fraction of sp³-hybridized carbons (Fsp3) is 0.750. The summed E-state index contributed by atoms with van der Waals surface area (Å²) in [5.41, 5.74) is 4.95. The van der Waals surface area contributed by atoms with Crippen LogP contribution in [0.4, 0.5) is 0 Å². The summed E-state index contributed by atoms with van der Waals surface area (Å²) in [6.07, 6.45) is 0. The Balaban J connectivity index is 1.79. The maximum Gasteiger partial charge on any atom is 0.123 e. The second-order valence-electron chi connectivity index (χ2n) is 3.23. The third-order valence-electron chi connectivity index (χ3n) is 2.23. The van der Waals surface area contributed by atoms with Crippen molar-refractivity contribution < 1.29 is 9.37 Å². The van der Waals surface area contributed by atoms with E-state index >= 15 is 0 Å². The smallest absolute Gasteiger partial charge is 0.123 e. The van der Waals surface area contributed by atoms with Gasteiger partial charge in [0.05, 0.1) is 19.8 Å². The molecule has 78 valence electrons. The molecule has 1 aromatic rings. The Labute approximate surface area is 82.1 Å². The van der Waals surface area contributed by atoms with E-state index in [2.05, 4.69) is 25.4 Å². The average molecular weight is 198 g/mol. The van der Waals surface area contributed by atoms with Gasteiger partial charge in [-0.1, -0.05) is 10.3 Å². The van der Waals surface area contributed by atoms with Gasteiger partial charge >= 0.3 is 0 Å². The fourth-order valence-electron chi connectivity index (χ4n) is 1.32. The van der Waals surface area contributed by atoms with Gasteiger partial charge in [0.1, 0.15) is 11.4 Å². The molecule has 1 aliphatic heterocycles. The van der Waals surface area contributed by atoms with Gasteiger partial charge in [0.15, 0.2) is 0 Å². The maximum atomic E-state index is 5.23. The fourth-order valence-corrected chi connectivity index (χ4v) is 1.32. The standard InChI is InChI=1S/C8H14N4O2/c1-7-8(11-14-10-7)6-9-12-2-4-13-5-3-12/h9H,2-6H2,1H3. The zero-order valence-corrected chi connectivity index (χ0v) is 8.19. The van der Waals surface area contributed by atoms with Crippen LogP contribution in [0.5, 0.6) is 0 Å². The van der Waals surface area contributed by atoms with Gasteiger partial charge in [0.2, 0.25) is 0 Å². The van der Waals surface area contributed by atoms with E-state index in [-0.39, 0.29) is 0 Å². The number of hydrazine groups is 1. The molecule has 6 heteroatoms. The zero-order valence-electron chi connectivity index (χ0n) is 8.19. The van der Waals surface area contributed by atoms with Gasteiger partial charge in [-0.15, -0.1) is 0 Å². The van der Waals surface area contributed by atoms with Gasteiger partial charge in [-0.2, -0.15) is 0 Å². The molecule has 0 unspecified atom stereocenters. The van der Waals surface area contributed by atoms with Crippen LogP contribution in [0.15, 0.2) is 4.63 Å².